The van der Waals surface area contributed by atoms with Crippen molar-refractivity contribution < 1.29 is 14.7 Å². The van der Waals surface area contributed by atoms with Gasteiger partial charge in [0.1, 0.15) is 0 Å². The Labute approximate surface area is 184 Å². The average Bonchev–Trinajstić information content (AvgIpc) is 2.83. The highest BCUT2D eigenvalue weighted by molar-refractivity contribution is 5.92. The number of nitrogens with zero attached hydrogens (tertiary/aromatic N) is 2. The van der Waals surface area contributed by atoms with E-state index >= 15 is 0 Å². The van der Waals surface area contributed by atoms with Gasteiger partial charge in [-0.25, -0.2) is 4.79 Å². The van der Waals surface area contributed by atoms with Crippen LogP contribution >= 0.6 is 0 Å². The molecule has 164 valence electrons. The van der Waals surface area contributed by atoms with Crippen LogP contribution in [0.1, 0.15) is 62.0 Å². The Morgan fingerprint density at radius 2 is 1.55 bits per heavy atom. The first kappa shape index (κ1) is 21.4. The number of aliphatic carboxylic acids is 1. The molecule has 1 heterocycles. The Morgan fingerprint density at radius 1 is 0.871 bits per heavy atom. The number of likely N-dealkylation sites (tertiary alicyclic amines) is 1. The largest absolute Gasteiger partial charge is 0.481 e. The minimum Gasteiger partial charge on any atom is -0.481 e. The maximum Gasteiger partial charge on any atom is 0.324 e. The molecular formula is C26H32N2O3. The molecule has 1 aliphatic heterocycles. The summed E-state index contributed by atoms with van der Waals surface area (Å²) in [5, 5.41) is 9.61. The van der Waals surface area contributed by atoms with Gasteiger partial charge in [0.15, 0.2) is 0 Å². The van der Waals surface area contributed by atoms with Crippen LogP contribution in [0.25, 0.3) is 0 Å². The van der Waals surface area contributed by atoms with E-state index in [1.165, 1.54) is 6.42 Å². The molecule has 1 N–H and O–H groups in total. The van der Waals surface area contributed by atoms with Crippen LogP contribution in [0, 0.1) is 5.92 Å². The summed E-state index contributed by atoms with van der Waals surface area (Å²) < 4.78 is 0. The van der Waals surface area contributed by atoms with Crippen LogP contribution in [-0.4, -0.2) is 35.1 Å². The van der Waals surface area contributed by atoms with Crippen LogP contribution in [0.15, 0.2) is 54.6 Å². The van der Waals surface area contributed by atoms with Gasteiger partial charge in [-0.3, -0.25) is 9.69 Å². The molecule has 2 aromatic rings. The predicted octanol–water partition coefficient (Wildman–Crippen LogP) is 5.66. The van der Waals surface area contributed by atoms with Gasteiger partial charge >= 0.3 is 12.0 Å². The maximum atomic E-state index is 13.3. The summed E-state index contributed by atoms with van der Waals surface area (Å²) in [6.45, 7) is 2.14. The first-order chi connectivity index (χ1) is 15.1. The highest BCUT2D eigenvalue weighted by atomic mass is 16.4. The Kier molecular flexibility index (Phi) is 6.90. The second kappa shape index (κ2) is 9.99. The molecule has 2 atom stereocenters. The number of para-hydroxylation sites is 1. The summed E-state index contributed by atoms with van der Waals surface area (Å²) in [5.74, 6) is -0.891. The third kappa shape index (κ3) is 5.09. The third-order valence-electron chi connectivity index (χ3n) is 6.76. The van der Waals surface area contributed by atoms with E-state index in [0.717, 1.165) is 68.4 Å². The molecule has 0 spiro atoms. The lowest BCUT2D eigenvalue weighted by Gasteiger charge is -2.33. The quantitative estimate of drug-likeness (QED) is 0.679. The van der Waals surface area contributed by atoms with E-state index in [4.69, 9.17) is 0 Å². The number of hydrogen-bond donors (Lipinski definition) is 1. The zero-order valence-corrected chi connectivity index (χ0v) is 18.1. The van der Waals surface area contributed by atoms with Crippen LogP contribution < -0.4 is 4.90 Å². The molecule has 2 fully saturated rings. The molecule has 5 heteroatoms. The fourth-order valence-corrected chi connectivity index (χ4v) is 5.01. The van der Waals surface area contributed by atoms with Gasteiger partial charge in [-0.1, -0.05) is 55.3 Å². The van der Waals surface area contributed by atoms with Gasteiger partial charge in [-0.2, -0.15) is 0 Å². The summed E-state index contributed by atoms with van der Waals surface area (Å²) in [6, 6.07) is 18.2. The Hall–Kier alpha value is -2.82. The number of urea groups is 1. The van der Waals surface area contributed by atoms with Crippen LogP contribution in [0.3, 0.4) is 0 Å². The van der Waals surface area contributed by atoms with Crippen LogP contribution in [0.5, 0.6) is 0 Å². The van der Waals surface area contributed by atoms with Crippen molar-refractivity contribution in [3.63, 3.8) is 0 Å². The number of rotatable bonds is 5. The molecule has 0 aromatic heterocycles. The molecule has 1 saturated carbocycles. The predicted molar refractivity (Wildman–Crippen MR) is 122 cm³/mol. The second-order valence-corrected chi connectivity index (χ2v) is 8.83. The van der Waals surface area contributed by atoms with Crippen molar-refractivity contribution in [2.75, 3.05) is 18.0 Å². The van der Waals surface area contributed by atoms with E-state index in [2.05, 4.69) is 24.3 Å². The van der Waals surface area contributed by atoms with Crippen LogP contribution in [-0.2, 0) is 11.3 Å². The van der Waals surface area contributed by atoms with Gasteiger partial charge in [0.25, 0.3) is 0 Å². The number of carbonyl (C=O) groups is 2. The van der Waals surface area contributed by atoms with Gasteiger partial charge in [-0.05, 0) is 61.3 Å². The van der Waals surface area contributed by atoms with Crippen molar-refractivity contribution in [3.8, 4) is 0 Å². The molecule has 2 amide bonds. The molecule has 5 nitrogen and oxygen atoms in total. The number of benzene rings is 2. The van der Waals surface area contributed by atoms with Gasteiger partial charge in [0.2, 0.25) is 0 Å². The molecule has 0 radical (unpaired) electrons. The number of piperidine rings is 1. The third-order valence-corrected chi connectivity index (χ3v) is 6.76. The van der Waals surface area contributed by atoms with Gasteiger partial charge in [0, 0.05) is 18.8 Å². The lowest BCUT2D eigenvalue weighted by Crippen LogP contribution is -2.45. The smallest absolute Gasteiger partial charge is 0.324 e. The fourth-order valence-electron chi connectivity index (χ4n) is 5.01. The SMILES string of the molecule is O=C(O)[C@H]1CCCC[C@@H]1c1ccc(CN(C(=O)N2CCCCC2)c2ccccc2)cc1. The zero-order chi connectivity index (χ0) is 21.6. The topological polar surface area (TPSA) is 60.9 Å². The number of carbonyl (C=O) groups excluding carboxylic acids is 1. The first-order valence-electron chi connectivity index (χ1n) is 11.6. The van der Waals surface area contributed by atoms with Gasteiger partial charge in [-0.15, -0.1) is 0 Å². The van der Waals surface area contributed by atoms with Gasteiger partial charge in [0.05, 0.1) is 12.5 Å². The van der Waals surface area contributed by atoms with Crippen molar-refractivity contribution in [2.45, 2.75) is 57.4 Å². The molecule has 31 heavy (non-hydrogen) atoms. The molecule has 2 aromatic carbocycles. The summed E-state index contributed by atoms with van der Waals surface area (Å²) in [7, 11) is 0. The lowest BCUT2D eigenvalue weighted by atomic mass is 9.75. The van der Waals surface area contributed by atoms with Crippen molar-refractivity contribution in [1.29, 1.82) is 0 Å². The number of amides is 2. The zero-order valence-electron chi connectivity index (χ0n) is 18.1. The molecule has 4 rings (SSSR count). The number of hydrogen-bond acceptors (Lipinski definition) is 2. The molecule has 1 aliphatic carbocycles. The van der Waals surface area contributed by atoms with E-state index in [0.29, 0.717) is 6.54 Å². The molecular weight excluding hydrogens is 388 g/mol. The summed E-state index contributed by atoms with van der Waals surface area (Å²) in [5.41, 5.74) is 3.06. The highest BCUT2D eigenvalue weighted by Gasteiger charge is 2.32. The molecule has 0 bridgehead atoms. The van der Waals surface area contributed by atoms with Crippen molar-refractivity contribution in [2.24, 2.45) is 5.92 Å². The van der Waals surface area contributed by atoms with E-state index in [-0.39, 0.29) is 17.9 Å². The Morgan fingerprint density at radius 3 is 2.23 bits per heavy atom. The van der Waals surface area contributed by atoms with E-state index in [1.54, 1.807) is 0 Å². The highest BCUT2D eigenvalue weighted by Crippen LogP contribution is 2.38. The Balaban J connectivity index is 1.53. The van der Waals surface area contributed by atoms with Crippen LogP contribution in [0.2, 0.25) is 0 Å². The minimum atomic E-state index is -0.684. The molecule has 0 unspecified atom stereocenters. The Bertz CT molecular complexity index is 875. The van der Waals surface area contributed by atoms with Gasteiger partial charge < -0.3 is 10.0 Å². The minimum absolute atomic E-state index is 0.0631. The lowest BCUT2D eigenvalue weighted by molar-refractivity contribution is -0.143. The molecule has 1 saturated heterocycles. The average molecular weight is 421 g/mol. The van der Waals surface area contributed by atoms with Crippen LogP contribution in [0.4, 0.5) is 10.5 Å². The normalized spacial score (nSPS) is 21.5. The molecule has 2 aliphatic rings. The van der Waals surface area contributed by atoms with Crippen molar-refractivity contribution in [3.05, 3.63) is 65.7 Å². The summed E-state index contributed by atoms with van der Waals surface area (Å²) in [6.07, 6.45) is 7.09. The van der Waals surface area contributed by atoms with E-state index in [9.17, 15) is 14.7 Å². The van der Waals surface area contributed by atoms with Crippen molar-refractivity contribution >= 4 is 17.7 Å². The summed E-state index contributed by atoms with van der Waals surface area (Å²) >= 11 is 0. The fraction of sp³-hybridized carbons (Fsp3) is 0.462. The van der Waals surface area contributed by atoms with Crippen molar-refractivity contribution in [1.82, 2.24) is 4.90 Å². The second-order valence-electron chi connectivity index (χ2n) is 8.83. The number of carboxylic acid groups (broad SMARTS) is 1. The van der Waals surface area contributed by atoms with E-state index in [1.807, 2.05) is 40.1 Å². The summed E-state index contributed by atoms with van der Waals surface area (Å²) in [4.78, 5) is 28.8. The van der Waals surface area contributed by atoms with E-state index < -0.39 is 5.97 Å². The number of anilines is 1. The first-order valence-corrected chi connectivity index (χ1v) is 11.6. The maximum absolute atomic E-state index is 13.3. The monoisotopic (exact) mass is 420 g/mol. The standard InChI is InChI=1S/C26H32N2O3/c29-25(30)24-12-6-5-11-23(24)21-15-13-20(14-16-21)19-28(22-9-3-1-4-10-22)26(31)27-17-7-2-8-18-27/h1,3-4,9-10,13-16,23-24H,2,5-8,11-12,17-19H2,(H,29,30)/t23-,24+/m1/s1. The number of carboxylic acids is 1.